The lowest BCUT2D eigenvalue weighted by atomic mass is 9.79. The van der Waals surface area contributed by atoms with Crippen LogP contribution in [0.5, 0.6) is 0 Å². The molecule has 0 saturated heterocycles. The number of hydrogen-bond acceptors (Lipinski definition) is 4. The van der Waals surface area contributed by atoms with Crippen LogP contribution < -0.4 is 0 Å². The Kier molecular flexibility index (Phi) is 4.93. The molecule has 1 saturated carbocycles. The third-order valence-corrected chi connectivity index (χ3v) is 5.64. The number of benzene rings is 1. The van der Waals surface area contributed by atoms with Gasteiger partial charge in [-0.25, -0.2) is 5.01 Å². The van der Waals surface area contributed by atoms with Crippen molar-refractivity contribution in [1.82, 2.24) is 5.01 Å². The molecule has 3 aromatic rings. The predicted molar refractivity (Wildman–Crippen MR) is 115 cm³/mol. The SMILES string of the molecule is O=C(/C=C/c1ccccc1)N1N=C2/C(=C/c3ccco3)CCC[C@H]2[C@H]1c1ccco1. The molecule has 1 aliphatic heterocycles. The van der Waals surface area contributed by atoms with Gasteiger partial charge in [0.25, 0.3) is 5.91 Å². The summed E-state index contributed by atoms with van der Waals surface area (Å²) < 4.78 is 11.2. The maximum Gasteiger partial charge on any atom is 0.267 e. The van der Waals surface area contributed by atoms with Crippen molar-refractivity contribution in [2.24, 2.45) is 11.0 Å². The summed E-state index contributed by atoms with van der Waals surface area (Å²) in [5.74, 6) is 1.52. The summed E-state index contributed by atoms with van der Waals surface area (Å²) in [5, 5.41) is 6.38. The molecule has 5 heteroatoms. The summed E-state index contributed by atoms with van der Waals surface area (Å²) >= 11 is 0. The van der Waals surface area contributed by atoms with E-state index in [1.165, 1.54) is 0 Å². The second-order valence-electron chi connectivity index (χ2n) is 7.56. The van der Waals surface area contributed by atoms with Gasteiger partial charge in [-0.1, -0.05) is 30.3 Å². The number of amides is 1. The van der Waals surface area contributed by atoms with E-state index < -0.39 is 0 Å². The molecule has 0 radical (unpaired) electrons. The highest BCUT2D eigenvalue weighted by molar-refractivity contribution is 6.08. The molecule has 2 aromatic heterocycles. The molecule has 0 N–H and O–H groups in total. The Morgan fingerprint density at radius 1 is 1.03 bits per heavy atom. The standard InChI is InChI=1S/C25H22N2O3/c28-23(14-13-18-7-2-1-3-8-18)27-25(22-12-6-16-30-22)21-11-4-9-19(24(21)26-27)17-20-10-5-15-29-20/h1-3,5-8,10,12-17,21,25H,4,9,11H2/b14-13+,19-17+/t21-,25+/m1/s1. The van der Waals surface area contributed by atoms with E-state index in [1.54, 1.807) is 23.6 Å². The highest BCUT2D eigenvalue weighted by atomic mass is 16.3. The minimum atomic E-state index is -0.233. The largest absolute Gasteiger partial charge is 0.467 e. The van der Waals surface area contributed by atoms with Crippen molar-refractivity contribution in [3.8, 4) is 0 Å². The first kappa shape index (κ1) is 18.4. The maximum absolute atomic E-state index is 13.1. The van der Waals surface area contributed by atoms with Gasteiger partial charge in [0, 0.05) is 12.0 Å². The fourth-order valence-electron chi connectivity index (χ4n) is 4.27. The summed E-state index contributed by atoms with van der Waals surface area (Å²) in [6.45, 7) is 0. The van der Waals surface area contributed by atoms with Crippen LogP contribution >= 0.6 is 0 Å². The van der Waals surface area contributed by atoms with E-state index in [0.717, 1.165) is 47.6 Å². The average molecular weight is 398 g/mol. The number of fused-ring (bicyclic) bond motifs is 1. The van der Waals surface area contributed by atoms with Gasteiger partial charge in [0.15, 0.2) is 0 Å². The number of nitrogens with zero attached hydrogens (tertiary/aromatic N) is 2. The molecule has 5 rings (SSSR count). The molecule has 3 heterocycles. The Balaban J connectivity index is 1.49. The van der Waals surface area contributed by atoms with Crippen molar-refractivity contribution in [2.45, 2.75) is 25.3 Å². The minimum Gasteiger partial charge on any atom is -0.467 e. The molecule has 150 valence electrons. The minimum absolute atomic E-state index is 0.111. The first-order valence-corrected chi connectivity index (χ1v) is 10.2. The van der Waals surface area contributed by atoms with Crippen LogP contribution in [-0.2, 0) is 4.79 Å². The summed E-state index contributed by atoms with van der Waals surface area (Å²) in [7, 11) is 0. The highest BCUT2D eigenvalue weighted by Gasteiger charge is 2.44. The van der Waals surface area contributed by atoms with Gasteiger partial charge in [-0.2, -0.15) is 5.10 Å². The molecule has 30 heavy (non-hydrogen) atoms. The van der Waals surface area contributed by atoms with Gasteiger partial charge >= 0.3 is 0 Å². The Morgan fingerprint density at radius 3 is 2.63 bits per heavy atom. The van der Waals surface area contributed by atoms with Crippen LogP contribution in [0.1, 0.15) is 42.4 Å². The van der Waals surface area contributed by atoms with E-state index >= 15 is 0 Å². The first-order valence-electron chi connectivity index (χ1n) is 10.2. The molecule has 0 spiro atoms. The van der Waals surface area contributed by atoms with Gasteiger partial charge in [-0.3, -0.25) is 4.79 Å². The molecule has 0 bridgehead atoms. The van der Waals surface area contributed by atoms with Crippen LogP contribution in [0.15, 0.2) is 92.7 Å². The second-order valence-corrected chi connectivity index (χ2v) is 7.56. The van der Waals surface area contributed by atoms with E-state index in [-0.39, 0.29) is 17.9 Å². The third kappa shape index (κ3) is 3.54. The topological polar surface area (TPSA) is 59.0 Å². The van der Waals surface area contributed by atoms with Gasteiger partial charge in [0.1, 0.15) is 17.6 Å². The number of carbonyl (C=O) groups excluding carboxylic acids is 1. The van der Waals surface area contributed by atoms with Crippen molar-refractivity contribution in [3.05, 3.63) is 95.9 Å². The van der Waals surface area contributed by atoms with E-state index in [1.807, 2.05) is 66.7 Å². The van der Waals surface area contributed by atoms with Crippen molar-refractivity contribution in [1.29, 1.82) is 0 Å². The van der Waals surface area contributed by atoms with Crippen LogP contribution in [-0.4, -0.2) is 16.6 Å². The zero-order chi connectivity index (χ0) is 20.3. The molecule has 2 aliphatic rings. The molecule has 0 unspecified atom stereocenters. The smallest absolute Gasteiger partial charge is 0.267 e. The Bertz CT molecular complexity index is 1090. The van der Waals surface area contributed by atoms with E-state index in [0.29, 0.717) is 0 Å². The molecule has 1 aromatic carbocycles. The fraction of sp³-hybridized carbons (Fsp3) is 0.200. The zero-order valence-corrected chi connectivity index (χ0v) is 16.5. The second kappa shape index (κ2) is 8.03. The van der Waals surface area contributed by atoms with Crippen molar-refractivity contribution < 1.29 is 13.6 Å². The lowest BCUT2D eigenvalue weighted by Gasteiger charge is -2.27. The molecular formula is C25H22N2O3. The van der Waals surface area contributed by atoms with Crippen LogP contribution in [0.25, 0.3) is 12.2 Å². The predicted octanol–water partition coefficient (Wildman–Crippen LogP) is 5.71. The van der Waals surface area contributed by atoms with Gasteiger partial charge in [0.05, 0.1) is 18.2 Å². The third-order valence-electron chi connectivity index (χ3n) is 5.64. The zero-order valence-electron chi connectivity index (χ0n) is 16.5. The fourth-order valence-corrected chi connectivity index (χ4v) is 4.27. The van der Waals surface area contributed by atoms with Crippen molar-refractivity contribution in [2.75, 3.05) is 0 Å². The van der Waals surface area contributed by atoms with E-state index in [4.69, 9.17) is 13.9 Å². The number of rotatable bonds is 4. The molecule has 5 nitrogen and oxygen atoms in total. The van der Waals surface area contributed by atoms with Crippen LogP contribution in [0.4, 0.5) is 0 Å². The monoisotopic (exact) mass is 398 g/mol. The molecule has 1 aliphatic carbocycles. The lowest BCUT2D eigenvalue weighted by Crippen LogP contribution is -2.30. The summed E-state index contributed by atoms with van der Waals surface area (Å²) in [6, 6.07) is 17.1. The van der Waals surface area contributed by atoms with Gasteiger partial charge in [-0.05, 0) is 66.8 Å². The molecule has 2 atom stereocenters. The number of carbonyl (C=O) groups is 1. The normalized spacial score (nSPS) is 22.5. The highest BCUT2D eigenvalue weighted by Crippen LogP contribution is 2.44. The van der Waals surface area contributed by atoms with Gasteiger partial charge < -0.3 is 8.83 Å². The quantitative estimate of drug-likeness (QED) is 0.529. The average Bonchev–Trinajstić information content (AvgIpc) is 3.53. The van der Waals surface area contributed by atoms with Crippen LogP contribution in [0.2, 0.25) is 0 Å². The Labute approximate surface area is 175 Å². The van der Waals surface area contributed by atoms with E-state index in [9.17, 15) is 4.79 Å². The summed E-state index contributed by atoms with van der Waals surface area (Å²) in [4.78, 5) is 13.1. The lowest BCUT2D eigenvalue weighted by molar-refractivity contribution is -0.128. The van der Waals surface area contributed by atoms with Gasteiger partial charge in [-0.15, -0.1) is 0 Å². The van der Waals surface area contributed by atoms with E-state index in [2.05, 4.69) is 0 Å². The maximum atomic E-state index is 13.1. The molecular weight excluding hydrogens is 376 g/mol. The number of hydrogen-bond donors (Lipinski definition) is 0. The van der Waals surface area contributed by atoms with Crippen LogP contribution in [0.3, 0.4) is 0 Å². The van der Waals surface area contributed by atoms with Gasteiger partial charge in [0.2, 0.25) is 0 Å². The van der Waals surface area contributed by atoms with Crippen molar-refractivity contribution in [3.63, 3.8) is 0 Å². The molecule has 1 amide bonds. The molecule has 1 fully saturated rings. The first-order chi connectivity index (χ1) is 14.8. The summed E-state index contributed by atoms with van der Waals surface area (Å²) in [6.07, 6.45) is 11.7. The Hall–Kier alpha value is -3.60. The Morgan fingerprint density at radius 2 is 1.87 bits per heavy atom. The number of furan rings is 2. The summed E-state index contributed by atoms with van der Waals surface area (Å²) in [5.41, 5.74) is 3.06. The number of hydrazone groups is 1. The number of allylic oxidation sites excluding steroid dienone is 1. The van der Waals surface area contributed by atoms with Crippen molar-refractivity contribution >= 4 is 23.8 Å². The van der Waals surface area contributed by atoms with Crippen LogP contribution in [0, 0.1) is 5.92 Å².